The molecule has 0 amide bonds. The molecular weight excluding hydrogens is 234 g/mol. The summed E-state index contributed by atoms with van der Waals surface area (Å²) in [7, 11) is 1.70. The molecule has 1 aromatic heterocycles. The second kappa shape index (κ2) is 5.02. The van der Waals surface area contributed by atoms with Gasteiger partial charge in [-0.15, -0.1) is 0 Å². The minimum absolute atomic E-state index is 0.887. The Kier molecular flexibility index (Phi) is 3.07. The van der Waals surface area contributed by atoms with E-state index in [1.807, 2.05) is 36.4 Å². The highest BCUT2D eigenvalue weighted by Crippen LogP contribution is 2.31. The predicted octanol–water partition coefficient (Wildman–Crippen LogP) is 4.15. The molecule has 2 nitrogen and oxygen atoms in total. The maximum atomic E-state index is 5.45. The summed E-state index contributed by atoms with van der Waals surface area (Å²) in [6.07, 6.45) is 2.07. The standard InChI is InChI=1S/C17H15NO/c1-19-17-12-6-5-10-15(17)16-11-7-13-18(16)14-8-3-2-4-9-14/h2-13H,1H3. The Hall–Kier alpha value is -2.48. The maximum absolute atomic E-state index is 5.45. The Balaban J connectivity index is 2.15. The van der Waals surface area contributed by atoms with Gasteiger partial charge in [-0.1, -0.05) is 30.3 Å². The number of ether oxygens (including phenoxy) is 1. The van der Waals surface area contributed by atoms with Crippen molar-refractivity contribution >= 4 is 0 Å². The lowest BCUT2D eigenvalue weighted by molar-refractivity contribution is 0.416. The number of methoxy groups -OCH3 is 1. The highest BCUT2D eigenvalue weighted by molar-refractivity contribution is 5.69. The third-order valence-corrected chi connectivity index (χ3v) is 3.17. The van der Waals surface area contributed by atoms with E-state index in [9.17, 15) is 0 Å². The smallest absolute Gasteiger partial charge is 0.128 e. The van der Waals surface area contributed by atoms with E-state index < -0.39 is 0 Å². The lowest BCUT2D eigenvalue weighted by Crippen LogP contribution is -1.96. The predicted molar refractivity (Wildman–Crippen MR) is 77.8 cm³/mol. The van der Waals surface area contributed by atoms with E-state index in [4.69, 9.17) is 4.74 Å². The molecule has 0 aliphatic carbocycles. The first kappa shape index (κ1) is 11.6. The molecule has 0 N–H and O–H groups in total. The fraction of sp³-hybridized carbons (Fsp3) is 0.0588. The van der Waals surface area contributed by atoms with Crippen LogP contribution in [0.15, 0.2) is 72.9 Å². The van der Waals surface area contributed by atoms with Gasteiger partial charge in [0.25, 0.3) is 0 Å². The first-order valence-corrected chi connectivity index (χ1v) is 6.26. The molecule has 1 heterocycles. The average molecular weight is 249 g/mol. The minimum atomic E-state index is 0.887. The first-order valence-electron chi connectivity index (χ1n) is 6.26. The Labute approximate surface area is 112 Å². The van der Waals surface area contributed by atoms with Crippen molar-refractivity contribution in [1.29, 1.82) is 0 Å². The van der Waals surface area contributed by atoms with Crippen LogP contribution in [-0.4, -0.2) is 11.7 Å². The summed E-state index contributed by atoms with van der Waals surface area (Å²) in [5, 5.41) is 0. The van der Waals surface area contributed by atoms with Gasteiger partial charge in [-0.25, -0.2) is 0 Å². The molecule has 0 aliphatic heterocycles. The second-order valence-corrected chi connectivity index (χ2v) is 4.30. The Morgan fingerprint density at radius 2 is 1.53 bits per heavy atom. The van der Waals surface area contributed by atoms with Gasteiger partial charge in [-0.3, -0.25) is 0 Å². The molecule has 0 atom stereocenters. The molecule has 3 rings (SSSR count). The highest BCUT2D eigenvalue weighted by Gasteiger charge is 2.09. The van der Waals surface area contributed by atoms with Crippen molar-refractivity contribution in [1.82, 2.24) is 4.57 Å². The molecule has 0 unspecified atom stereocenters. The van der Waals surface area contributed by atoms with E-state index in [0.29, 0.717) is 0 Å². The zero-order chi connectivity index (χ0) is 13.1. The van der Waals surface area contributed by atoms with Gasteiger partial charge in [0.2, 0.25) is 0 Å². The Morgan fingerprint density at radius 3 is 2.32 bits per heavy atom. The summed E-state index contributed by atoms with van der Waals surface area (Å²) in [5.74, 6) is 0.887. The summed E-state index contributed by atoms with van der Waals surface area (Å²) in [6.45, 7) is 0. The number of para-hydroxylation sites is 2. The van der Waals surface area contributed by atoms with Crippen molar-refractivity contribution in [3.05, 3.63) is 72.9 Å². The van der Waals surface area contributed by atoms with Crippen LogP contribution in [-0.2, 0) is 0 Å². The number of hydrogen-bond acceptors (Lipinski definition) is 1. The van der Waals surface area contributed by atoms with Crippen LogP contribution in [0, 0.1) is 0 Å². The molecule has 3 aromatic rings. The largest absolute Gasteiger partial charge is 0.496 e. The van der Waals surface area contributed by atoms with Crippen LogP contribution in [0.25, 0.3) is 16.9 Å². The first-order chi connectivity index (χ1) is 9.40. The van der Waals surface area contributed by atoms with Crippen LogP contribution in [0.5, 0.6) is 5.75 Å². The minimum Gasteiger partial charge on any atom is -0.496 e. The molecule has 2 heteroatoms. The van der Waals surface area contributed by atoms with E-state index in [1.54, 1.807) is 7.11 Å². The van der Waals surface area contributed by atoms with Gasteiger partial charge in [0.05, 0.1) is 12.8 Å². The average Bonchev–Trinajstić information content (AvgIpc) is 2.97. The number of hydrogen-bond donors (Lipinski definition) is 0. The lowest BCUT2D eigenvalue weighted by atomic mass is 10.1. The Morgan fingerprint density at radius 1 is 0.789 bits per heavy atom. The molecule has 2 aromatic carbocycles. The van der Waals surface area contributed by atoms with Gasteiger partial charge >= 0.3 is 0 Å². The van der Waals surface area contributed by atoms with Crippen molar-refractivity contribution in [3.8, 4) is 22.7 Å². The summed E-state index contributed by atoms with van der Waals surface area (Å²) < 4.78 is 7.61. The summed E-state index contributed by atoms with van der Waals surface area (Å²) >= 11 is 0. The Bertz CT molecular complexity index is 670. The van der Waals surface area contributed by atoms with Gasteiger partial charge in [0, 0.05) is 17.4 Å². The van der Waals surface area contributed by atoms with E-state index in [2.05, 4.69) is 41.1 Å². The fourth-order valence-corrected chi connectivity index (χ4v) is 2.27. The summed E-state index contributed by atoms with van der Waals surface area (Å²) in [5.41, 5.74) is 3.37. The quantitative estimate of drug-likeness (QED) is 0.680. The van der Waals surface area contributed by atoms with Gasteiger partial charge < -0.3 is 9.30 Å². The van der Waals surface area contributed by atoms with E-state index in [-0.39, 0.29) is 0 Å². The zero-order valence-electron chi connectivity index (χ0n) is 10.8. The fourth-order valence-electron chi connectivity index (χ4n) is 2.27. The van der Waals surface area contributed by atoms with Crippen LogP contribution in [0.2, 0.25) is 0 Å². The SMILES string of the molecule is COc1ccccc1-c1cccn1-c1ccccc1. The lowest BCUT2D eigenvalue weighted by Gasteiger charge is -2.12. The number of nitrogens with zero attached hydrogens (tertiary/aromatic N) is 1. The van der Waals surface area contributed by atoms with Gasteiger partial charge in [0.15, 0.2) is 0 Å². The van der Waals surface area contributed by atoms with Crippen LogP contribution in [0.1, 0.15) is 0 Å². The second-order valence-electron chi connectivity index (χ2n) is 4.30. The van der Waals surface area contributed by atoms with Gasteiger partial charge in [-0.05, 0) is 36.4 Å². The molecule has 94 valence electrons. The molecule has 0 aliphatic rings. The molecule has 0 bridgehead atoms. The van der Waals surface area contributed by atoms with Crippen LogP contribution < -0.4 is 4.74 Å². The van der Waals surface area contributed by atoms with Crippen molar-refractivity contribution in [3.63, 3.8) is 0 Å². The van der Waals surface area contributed by atoms with E-state index in [0.717, 1.165) is 22.7 Å². The van der Waals surface area contributed by atoms with Crippen molar-refractivity contribution < 1.29 is 4.74 Å². The van der Waals surface area contributed by atoms with Gasteiger partial charge in [0.1, 0.15) is 5.75 Å². The highest BCUT2D eigenvalue weighted by atomic mass is 16.5. The topological polar surface area (TPSA) is 14.2 Å². The number of aromatic nitrogens is 1. The van der Waals surface area contributed by atoms with Crippen molar-refractivity contribution in [2.75, 3.05) is 7.11 Å². The molecule has 0 spiro atoms. The molecule has 0 radical (unpaired) electrons. The third kappa shape index (κ3) is 2.13. The molecular formula is C17H15NO. The summed E-state index contributed by atoms with van der Waals surface area (Å²) in [4.78, 5) is 0. The molecule has 0 fully saturated rings. The van der Waals surface area contributed by atoms with Crippen molar-refractivity contribution in [2.45, 2.75) is 0 Å². The van der Waals surface area contributed by atoms with Crippen LogP contribution >= 0.6 is 0 Å². The molecule has 0 saturated carbocycles. The zero-order valence-corrected chi connectivity index (χ0v) is 10.8. The van der Waals surface area contributed by atoms with E-state index >= 15 is 0 Å². The van der Waals surface area contributed by atoms with Gasteiger partial charge in [-0.2, -0.15) is 0 Å². The van der Waals surface area contributed by atoms with Crippen molar-refractivity contribution in [2.24, 2.45) is 0 Å². The maximum Gasteiger partial charge on any atom is 0.128 e. The number of benzene rings is 2. The monoisotopic (exact) mass is 249 g/mol. The summed E-state index contributed by atoms with van der Waals surface area (Å²) in [6, 6.07) is 22.5. The van der Waals surface area contributed by atoms with E-state index in [1.165, 1.54) is 0 Å². The van der Waals surface area contributed by atoms with Crippen LogP contribution in [0.4, 0.5) is 0 Å². The third-order valence-electron chi connectivity index (χ3n) is 3.17. The molecule has 19 heavy (non-hydrogen) atoms. The van der Waals surface area contributed by atoms with Crippen LogP contribution in [0.3, 0.4) is 0 Å². The molecule has 0 saturated heterocycles. The normalized spacial score (nSPS) is 10.4. The number of rotatable bonds is 3.